The molecule has 2 aromatic heterocycles. The molecule has 0 aliphatic carbocycles. The van der Waals surface area contributed by atoms with Gasteiger partial charge in [0.2, 0.25) is 0 Å². The molecule has 5 rings (SSSR count). The third-order valence-electron chi connectivity index (χ3n) is 6.07. The Bertz CT molecular complexity index is 2210. The van der Waals surface area contributed by atoms with Crippen LogP contribution in [-0.2, 0) is 27.1 Å². The number of hydrogen-bond acceptors (Lipinski definition) is 10. The molecule has 0 unspecified atom stereocenters. The molecule has 0 aliphatic heterocycles. The normalized spacial score (nSPS) is 15.5. The zero-order valence-corrected chi connectivity index (χ0v) is 26.7. The third kappa shape index (κ3) is 9.58. The second kappa shape index (κ2) is 15.5. The van der Waals surface area contributed by atoms with E-state index < -0.39 is 55.2 Å². The lowest BCUT2D eigenvalue weighted by molar-refractivity contribution is -0.160. The lowest BCUT2D eigenvalue weighted by Crippen LogP contribution is -2.37. The molecule has 13 heteroatoms. The monoisotopic (exact) mass is 689 g/mol. The number of rotatable bonds is 13. The molecule has 0 atom stereocenters. The van der Waals surface area contributed by atoms with Crippen LogP contribution >= 0.6 is 23.6 Å². The number of ether oxygens (including phenoxy) is 2. The summed E-state index contributed by atoms with van der Waals surface area (Å²) in [6.45, 7) is -2.39. The van der Waals surface area contributed by atoms with Gasteiger partial charge in [0, 0.05) is 43.6 Å². The van der Waals surface area contributed by atoms with Gasteiger partial charge in [0.1, 0.15) is 47.4 Å². The van der Waals surface area contributed by atoms with Crippen LogP contribution < -0.4 is 10.1 Å². The Morgan fingerprint density at radius 3 is 2.79 bits per heavy atom. The highest BCUT2D eigenvalue weighted by atomic mass is 35.5. The molecule has 3 aromatic carbocycles. The van der Waals surface area contributed by atoms with Crippen molar-refractivity contribution in [2.24, 2.45) is 0 Å². The van der Waals surface area contributed by atoms with Gasteiger partial charge in [-0.2, -0.15) is 4.33 Å². The molecule has 1 amide bonds. The number of aromatic nitrogens is 2. The van der Waals surface area contributed by atoms with E-state index in [0.717, 1.165) is 6.07 Å². The Labute approximate surface area is 293 Å². The maximum absolute atomic E-state index is 13.6. The quantitative estimate of drug-likeness (QED) is 0.0731. The van der Waals surface area contributed by atoms with E-state index in [4.69, 9.17) is 37.8 Å². The predicted octanol–water partition coefficient (Wildman–Crippen LogP) is 8.97. The number of benzene rings is 3. The van der Waals surface area contributed by atoms with Crippen molar-refractivity contribution < 1.29 is 44.6 Å². The maximum Gasteiger partial charge on any atom is 0.410 e. The highest BCUT2D eigenvalue weighted by molar-refractivity contribution is 7.94. The predicted molar refractivity (Wildman–Crippen MR) is 180 cm³/mol. The molecule has 0 aliphatic rings. The van der Waals surface area contributed by atoms with Crippen molar-refractivity contribution in [3.8, 4) is 17.1 Å². The number of carbonyl (C=O) groups is 1. The van der Waals surface area contributed by atoms with Crippen LogP contribution in [0.15, 0.2) is 83.5 Å². The zero-order valence-electron chi connectivity index (χ0n) is 34.2. The van der Waals surface area contributed by atoms with Crippen LogP contribution in [0.3, 0.4) is 0 Å². The van der Waals surface area contributed by atoms with E-state index in [9.17, 15) is 9.18 Å². The van der Waals surface area contributed by atoms with Gasteiger partial charge >= 0.3 is 6.09 Å². The molecule has 0 spiro atoms. The number of furan rings is 1. The number of fused-ring (bicyclic) bond motifs is 1. The Kier molecular flexibility index (Phi) is 7.87. The van der Waals surface area contributed by atoms with E-state index in [2.05, 4.69) is 24.5 Å². The summed E-state index contributed by atoms with van der Waals surface area (Å²) in [4.78, 5) is 26.1. The second-order valence-electron chi connectivity index (χ2n) is 10.7. The first-order valence-corrected chi connectivity index (χ1v) is 14.9. The fourth-order valence-electron chi connectivity index (χ4n) is 4.12. The summed E-state index contributed by atoms with van der Waals surface area (Å²) < 4.78 is 108. The summed E-state index contributed by atoms with van der Waals surface area (Å²) in [6.07, 6.45) is -0.255. The Morgan fingerprint density at radius 1 is 1.13 bits per heavy atom. The van der Waals surface area contributed by atoms with E-state index in [0.29, 0.717) is 39.3 Å². The first-order valence-electron chi connectivity index (χ1n) is 18.3. The van der Waals surface area contributed by atoms with Gasteiger partial charge < -0.3 is 19.2 Å². The van der Waals surface area contributed by atoms with Crippen molar-refractivity contribution in [1.29, 1.82) is 0 Å². The molecular formula is C34H34ClFN4O6S. The van der Waals surface area contributed by atoms with Crippen molar-refractivity contribution in [2.45, 2.75) is 39.5 Å². The SMILES string of the molecule is [2H]C([2H])([2H])OOSC([2H])([2H])C([2H])([2H])N(C(=O)OC(C)(C)C)C([2H])([2H])c1ccc(-c2ccc3ncnc(Nc4ccc(OCc5cccc(F)c5)c(Cl)c4)c3c2)o1. The van der Waals surface area contributed by atoms with Crippen LogP contribution in [0.5, 0.6) is 5.75 Å². The van der Waals surface area contributed by atoms with Gasteiger partial charge in [-0.25, -0.2) is 24.0 Å². The third-order valence-corrected chi connectivity index (χ3v) is 6.68. The van der Waals surface area contributed by atoms with Crippen LogP contribution in [0.1, 0.15) is 44.4 Å². The molecule has 2 heterocycles. The summed E-state index contributed by atoms with van der Waals surface area (Å²) in [7, 11) is -3.13. The Balaban J connectivity index is 1.42. The van der Waals surface area contributed by atoms with Gasteiger partial charge in [0.15, 0.2) is 0 Å². The molecule has 0 radical (unpaired) electrons. The summed E-state index contributed by atoms with van der Waals surface area (Å²) in [5, 5.41) is 3.96. The molecule has 10 nitrogen and oxygen atoms in total. The molecule has 0 fully saturated rings. The second-order valence-corrected chi connectivity index (χ2v) is 11.6. The molecule has 0 saturated carbocycles. The lowest BCUT2D eigenvalue weighted by Gasteiger charge is -2.26. The Morgan fingerprint density at radius 2 is 2.00 bits per heavy atom. The van der Waals surface area contributed by atoms with Crippen LogP contribution in [0, 0.1) is 5.82 Å². The van der Waals surface area contributed by atoms with E-state index in [1.165, 1.54) is 45.3 Å². The first-order chi connectivity index (χ1) is 26.0. The summed E-state index contributed by atoms with van der Waals surface area (Å²) in [6, 6.07) is 18.4. The lowest BCUT2D eigenvalue weighted by atomic mass is 10.1. The highest BCUT2D eigenvalue weighted by Crippen LogP contribution is 2.33. The highest BCUT2D eigenvalue weighted by Gasteiger charge is 2.23. The number of anilines is 2. The van der Waals surface area contributed by atoms with Gasteiger partial charge in [-0.3, -0.25) is 4.90 Å². The van der Waals surface area contributed by atoms with Gasteiger partial charge in [-0.1, -0.05) is 23.7 Å². The number of amides is 1. The topological polar surface area (TPSA) is 108 Å². The van der Waals surface area contributed by atoms with Gasteiger partial charge in [0.25, 0.3) is 0 Å². The number of halogens is 2. The van der Waals surface area contributed by atoms with Gasteiger partial charge in [-0.05, 0) is 87.0 Å². The standard InChI is InChI=1S/C34H34ClFN4O6S/c1-34(2,3)45-33(41)40(14-15-47-46-42-4)19-26-10-13-30(44-26)23-8-11-29-27(17-23)32(38-21-37-29)39-25-9-12-31(28(35)18-25)43-20-22-6-5-7-24(36)16-22/h5-13,16-18,21H,14-15,19-20H2,1-4H3,(H,37,38,39)/i4D3,14D2,15D2,19D2. The van der Waals surface area contributed by atoms with Gasteiger partial charge in [0.05, 0.1) is 33.7 Å². The maximum atomic E-state index is 13.6. The average Bonchev–Trinajstić information content (AvgIpc) is 3.58. The molecule has 47 heavy (non-hydrogen) atoms. The molecule has 1 N–H and O–H groups in total. The average molecular weight is 690 g/mol. The van der Waals surface area contributed by atoms with E-state index in [1.807, 2.05) is 0 Å². The summed E-state index contributed by atoms with van der Waals surface area (Å²) in [5.41, 5.74) is -2.55. The minimum absolute atomic E-state index is 0.0694. The molecular weight excluding hydrogens is 647 g/mol. The Hall–Kier alpha value is -4.36. The van der Waals surface area contributed by atoms with Crippen molar-refractivity contribution in [2.75, 3.05) is 24.6 Å². The number of hydrogen-bond donors (Lipinski definition) is 1. The molecule has 5 aromatic rings. The van der Waals surface area contributed by atoms with Gasteiger partial charge in [-0.15, -0.1) is 0 Å². The van der Waals surface area contributed by atoms with Crippen molar-refractivity contribution in [3.63, 3.8) is 0 Å². The summed E-state index contributed by atoms with van der Waals surface area (Å²) >= 11 is 6.08. The molecule has 0 saturated heterocycles. The van der Waals surface area contributed by atoms with Crippen LogP contribution in [0.4, 0.5) is 20.7 Å². The van der Waals surface area contributed by atoms with Crippen LogP contribution in [0.2, 0.25) is 5.02 Å². The van der Waals surface area contributed by atoms with Crippen LogP contribution in [-0.4, -0.2) is 45.8 Å². The number of nitrogens with zero attached hydrogens (tertiary/aromatic N) is 3. The fraction of sp³-hybridized carbons (Fsp3) is 0.265. The fourth-order valence-corrected chi connectivity index (χ4v) is 4.55. The smallest absolute Gasteiger partial charge is 0.410 e. The minimum Gasteiger partial charge on any atom is -0.487 e. The minimum atomic E-state index is -3.59. The first kappa shape index (κ1) is 23.9. The number of carbonyl (C=O) groups excluding carboxylic acids is 1. The van der Waals surface area contributed by atoms with E-state index in [1.54, 1.807) is 48.5 Å². The number of nitrogens with one attached hydrogen (secondary N) is 1. The molecule has 0 bridgehead atoms. The van der Waals surface area contributed by atoms with Crippen LogP contribution in [0.25, 0.3) is 22.2 Å². The zero-order chi connectivity index (χ0) is 41.3. The molecule has 246 valence electrons. The van der Waals surface area contributed by atoms with E-state index in [-0.39, 0.29) is 28.1 Å². The van der Waals surface area contributed by atoms with Crippen molar-refractivity contribution in [1.82, 2.24) is 14.9 Å². The largest absolute Gasteiger partial charge is 0.487 e. The van der Waals surface area contributed by atoms with Crippen molar-refractivity contribution >= 4 is 52.1 Å². The summed E-state index contributed by atoms with van der Waals surface area (Å²) in [5.74, 6) is -0.198. The van der Waals surface area contributed by atoms with Crippen molar-refractivity contribution in [3.05, 3.63) is 101 Å². The van der Waals surface area contributed by atoms with E-state index >= 15 is 0 Å².